The molecule has 4 rings (SSSR count). The van der Waals surface area contributed by atoms with Crippen LogP contribution in [0.5, 0.6) is 0 Å². The van der Waals surface area contributed by atoms with E-state index in [0.29, 0.717) is 25.7 Å². The van der Waals surface area contributed by atoms with Gasteiger partial charge < -0.3 is 20.0 Å². The van der Waals surface area contributed by atoms with E-state index in [0.717, 1.165) is 48.1 Å². The molecule has 1 saturated heterocycles. The van der Waals surface area contributed by atoms with E-state index in [4.69, 9.17) is 9.97 Å². The van der Waals surface area contributed by atoms with Crippen LogP contribution in [0.15, 0.2) is 30.3 Å². The first kappa shape index (κ1) is 21.4. The molecule has 0 aliphatic carbocycles. The third-order valence-corrected chi connectivity index (χ3v) is 6.35. The number of nitrogens with one attached hydrogen (secondary N) is 1. The van der Waals surface area contributed by atoms with Crippen molar-refractivity contribution in [2.75, 3.05) is 36.5 Å². The molecule has 0 bridgehead atoms. The van der Waals surface area contributed by atoms with E-state index in [-0.39, 0.29) is 6.03 Å². The van der Waals surface area contributed by atoms with Gasteiger partial charge in [0.1, 0.15) is 5.82 Å². The molecule has 2 aliphatic rings. The van der Waals surface area contributed by atoms with Crippen LogP contribution in [0.1, 0.15) is 49.9 Å². The summed E-state index contributed by atoms with van der Waals surface area (Å²) in [6, 6.07) is 10.3. The summed E-state index contributed by atoms with van der Waals surface area (Å²) in [7, 11) is 2.09. The Kier molecular flexibility index (Phi) is 6.59. The minimum absolute atomic E-state index is 0.0345. The van der Waals surface area contributed by atoms with Gasteiger partial charge >= 0.3 is 6.03 Å². The molecule has 2 aromatic rings. The summed E-state index contributed by atoms with van der Waals surface area (Å²) >= 11 is 0. The topological polar surface area (TPSA) is 64.6 Å². The lowest BCUT2D eigenvalue weighted by molar-refractivity contribution is 0.191. The number of piperidine rings is 1. The van der Waals surface area contributed by atoms with Crippen LogP contribution in [0.2, 0.25) is 0 Å². The van der Waals surface area contributed by atoms with E-state index in [2.05, 4.69) is 36.0 Å². The predicted molar refractivity (Wildman–Crippen MR) is 124 cm³/mol. The molecule has 1 fully saturated rings. The number of fused-ring (bicyclic) bond motifs is 1. The van der Waals surface area contributed by atoms with Crippen molar-refractivity contribution in [3.63, 3.8) is 0 Å². The summed E-state index contributed by atoms with van der Waals surface area (Å²) < 4.78 is 0. The molecule has 1 aromatic carbocycles. The highest BCUT2D eigenvalue weighted by Crippen LogP contribution is 2.30. The van der Waals surface area contributed by atoms with Gasteiger partial charge in [-0.15, -0.1) is 0 Å². The lowest BCUT2D eigenvalue weighted by atomic mass is 10.1. The van der Waals surface area contributed by atoms with Crippen molar-refractivity contribution in [1.82, 2.24) is 20.2 Å². The van der Waals surface area contributed by atoms with E-state index in [9.17, 15) is 4.79 Å². The quantitative estimate of drug-likeness (QED) is 0.798. The van der Waals surface area contributed by atoms with Crippen molar-refractivity contribution in [2.24, 2.45) is 0 Å². The maximum Gasteiger partial charge on any atom is 0.317 e. The second-order valence-corrected chi connectivity index (χ2v) is 8.84. The summed E-state index contributed by atoms with van der Waals surface area (Å²) in [5.74, 6) is 1.81. The van der Waals surface area contributed by atoms with Gasteiger partial charge in [0, 0.05) is 51.3 Å². The van der Waals surface area contributed by atoms with E-state index in [1.807, 2.05) is 35.2 Å². The number of carbonyl (C=O) groups is 1. The normalized spacial score (nSPS) is 16.3. The van der Waals surface area contributed by atoms with Crippen LogP contribution in [0, 0.1) is 0 Å². The van der Waals surface area contributed by atoms with Crippen LogP contribution in [0.3, 0.4) is 0 Å². The van der Waals surface area contributed by atoms with E-state index >= 15 is 0 Å². The van der Waals surface area contributed by atoms with Gasteiger partial charge in [0.15, 0.2) is 0 Å². The fourth-order valence-corrected chi connectivity index (χ4v) is 4.21. The van der Waals surface area contributed by atoms with Crippen LogP contribution >= 0.6 is 0 Å². The Bertz CT molecular complexity index is 894. The fourth-order valence-electron chi connectivity index (χ4n) is 4.21. The molecule has 0 radical (unpaired) electrons. The Labute approximate surface area is 185 Å². The third kappa shape index (κ3) is 4.92. The van der Waals surface area contributed by atoms with Crippen LogP contribution in [-0.4, -0.2) is 53.6 Å². The summed E-state index contributed by atoms with van der Waals surface area (Å²) in [5.41, 5.74) is 3.27. The van der Waals surface area contributed by atoms with Gasteiger partial charge in [-0.05, 0) is 38.7 Å². The Hall–Kier alpha value is -2.83. The zero-order chi connectivity index (χ0) is 21.8. The van der Waals surface area contributed by atoms with Gasteiger partial charge in [-0.25, -0.2) is 9.78 Å². The molecular weight excluding hydrogens is 388 g/mol. The SMILES string of the molecule is CC(C)N(C)c1nc(N2CCCCC2)nc2c1CN(C(=O)NCc1ccccc1)CC2. The third-order valence-electron chi connectivity index (χ3n) is 6.35. The van der Waals surface area contributed by atoms with Gasteiger partial charge in [-0.2, -0.15) is 4.98 Å². The molecule has 3 heterocycles. The first-order valence-electron chi connectivity index (χ1n) is 11.5. The number of hydrogen-bond donors (Lipinski definition) is 1. The molecule has 2 aliphatic heterocycles. The Morgan fingerprint density at radius 2 is 1.84 bits per heavy atom. The first-order valence-corrected chi connectivity index (χ1v) is 11.5. The molecule has 31 heavy (non-hydrogen) atoms. The molecule has 1 N–H and O–H groups in total. The number of aromatic nitrogens is 2. The number of rotatable bonds is 5. The van der Waals surface area contributed by atoms with Crippen molar-refractivity contribution in [3.8, 4) is 0 Å². The Morgan fingerprint density at radius 1 is 1.10 bits per heavy atom. The minimum Gasteiger partial charge on any atom is -0.357 e. The van der Waals surface area contributed by atoms with Crippen molar-refractivity contribution < 1.29 is 4.79 Å². The molecule has 7 heteroatoms. The summed E-state index contributed by atoms with van der Waals surface area (Å²) in [6.07, 6.45) is 4.44. The van der Waals surface area contributed by atoms with Crippen molar-refractivity contribution in [1.29, 1.82) is 0 Å². The molecule has 0 spiro atoms. The molecule has 7 nitrogen and oxygen atoms in total. The molecule has 0 unspecified atom stereocenters. The smallest absolute Gasteiger partial charge is 0.317 e. The second-order valence-electron chi connectivity index (χ2n) is 8.84. The van der Waals surface area contributed by atoms with Crippen molar-refractivity contribution in [3.05, 3.63) is 47.2 Å². The molecule has 0 saturated carbocycles. The predicted octanol–water partition coefficient (Wildman–Crippen LogP) is 3.58. The van der Waals surface area contributed by atoms with E-state index in [1.54, 1.807) is 0 Å². The number of hydrogen-bond acceptors (Lipinski definition) is 5. The van der Waals surface area contributed by atoms with Crippen LogP contribution in [-0.2, 0) is 19.5 Å². The Morgan fingerprint density at radius 3 is 2.55 bits per heavy atom. The highest BCUT2D eigenvalue weighted by molar-refractivity contribution is 5.75. The van der Waals surface area contributed by atoms with Crippen molar-refractivity contribution in [2.45, 2.75) is 58.7 Å². The number of benzene rings is 1. The van der Waals surface area contributed by atoms with Crippen LogP contribution in [0.25, 0.3) is 0 Å². The molecule has 0 atom stereocenters. The van der Waals surface area contributed by atoms with Gasteiger partial charge in [-0.3, -0.25) is 0 Å². The zero-order valence-electron chi connectivity index (χ0n) is 19.0. The summed E-state index contributed by atoms with van der Waals surface area (Å²) in [4.78, 5) is 29.2. The standard InChI is InChI=1S/C24H34N6O/c1-18(2)28(3)22-20-17-30(24(31)25-16-19-10-6-4-7-11-19)15-12-21(20)26-23(27-22)29-13-8-5-9-14-29/h4,6-7,10-11,18H,5,8-9,12-17H2,1-3H3,(H,25,31). The largest absolute Gasteiger partial charge is 0.357 e. The summed E-state index contributed by atoms with van der Waals surface area (Å²) in [5, 5.41) is 3.06. The van der Waals surface area contributed by atoms with Gasteiger partial charge in [-0.1, -0.05) is 30.3 Å². The van der Waals surface area contributed by atoms with E-state index < -0.39 is 0 Å². The summed E-state index contributed by atoms with van der Waals surface area (Å²) in [6.45, 7) is 8.14. The zero-order valence-corrected chi connectivity index (χ0v) is 19.0. The average Bonchev–Trinajstić information content (AvgIpc) is 2.82. The minimum atomic E-state index is -0.0345. The lowest BCUT2D eigenvalue weighted by Crippen LogP contribution is -2.44. The Balaban J connectivity index is 1.54. The fraction of sp³-hybridized carbons (Fsp3) is 0.542. The maximum absolute atomic E-state index is 12.9. The number of anilines is 2. The number of carbonyl (C=O) groups excluding carboxylic acids is 1. The van der Waals surface area contributed by atoms with Gasteiger partial charge in [0.25, 0.3) is 0 Å². The van der Waals surface area contributed by atoms with Crippen LogP contribution in [0.4, 0.5) is 16.6 Å². The first-order chi connectivity index (χ1) is 15.0. The second kappa shape index (κ2) is 9.54. The highest BCUT2D eigenvalue weighted by Gasteiger charge is 2.28. The lowest BCUT2D eigenvalue weighted by Gasteiger charge is -2.35. The van der Waals surface area contributed by atoms with Gasteiger partial charge in [0.2, 0.25) is 5.95 Å². The van der Waals surface area contributed by atoms with Gasteiger partial charge in [0.05, 0.1) is 12.2 Å². The average molecular weight is 423 g/mol. The number of urea groups is 1. The van der Waals surface area contributed by atoms with Crippen LogP contribution < -0.4 is 15.1 Å². The molecular formula is C24H34N6O. The molecule has 166 valence electrons. The maximum atomic E-state index is 12.9. The molecule has 1 aromatic heterocycles. The van der Waals surface area contributed by atoms with E-state index in [1.165, 1.54) is 19.3 Å². The number of nitrogens with zero attached hydrogens (tertiary/aromatic N) is 5. The molecule has 2 amide bonds. The van der Waals surface area contributed by atoms with Crippen molar-refractivity contribution >= 4 is 17.8 Å². The highest BCUT2D eigenvalue weighted by atomic mass is 16.2. The monoisotopic (exact) mass is 422 g/mol. The number of amides is 2.